The largest absolute Gasteiger partial charge is 0.368 e. The van der Waals surface area contributed by atoms with E-state index >= 15 is 0 Å². The second-order valence-corrected chi connectivity index (χ2v) is 6.42. The van der Waals surface area contributed by atoms with Gasteiger partial charge in [0, 0.05) is 18.9 Å². The zero-order chi connectivity index (χ0) is 16.4. The molecular formula is C14H14ClN5O2S. The highest BCUT2D eigenvalue weighted by Crippen LogP contribution is 2.36. The van der Waals surface area contributed by atoms with E-state index in [1.165, 1.54) is 16.2 Å². The van der Waals surface area contributed by atoms with Crippen LogP contribution in [0.4, 0.5) is 9.93 Å². The minimum Gasteiger partial charge on any atom is -0.368 e. The number of anilines is 1. The number of carbonyl (C=O) groups excluding carboxylic acids is 2. The molecule has 1 unspecified atom stereocenters. The molecule has 3 amide bonds. The number of amides is 3. The molecule has 3 rings (SSSR count). The van der Waals surface area contributed by atoms with Gasteiger partial charge >= 0.3 is 6.03 Å². The first-order valence-corrected chi connectivity index (χ1v) is 8.19. The van der Waals surface area contributed by atoms with Gasteiger partial charge in [-0.15, -0.1) is 0 Å². The van der Waals surface area contributed by atoms with E-state index in [0.29, 0.717) is 23.3 Å². The van der Waals surface area contributed by atoms with E-state index in [1.54, 1.807) is 12.4 Å². The van der Waals surface area contributed by atoms with E-state index in [0.717, 1.165) is 16.9 Å². The highest BCUT2D eigenvalue weighted by Gasteiger charge is 2.33. The Morgan fingerprint density at radius 1 is 1.39 bits per heavy atom. The number of hydrogen-bond donors (Lipinski definition) is 2. The molecule has 3 N–H and O–H groups in total. The number of primary amides is 1. The molecule has 0 bridgehead atoms. The van der Waals surface area contributed by atoms with Crippen LogP contribution in [0.1, 0.15) is 12.8 Å². The van der Waals surface area contributed by atoms with Gasteiger partial charge in [0.2, 0.25) is 5.91 Å². The van der Waals surface area contributed by atoms with E-state index in [1.807, 2.05) is 12.1 Å². The summed E-state index contributed by atoms with van der Waals surface area (Å²) in [6, 6.07) is 2.67. The molecule has 1 atom stereocenters. The first-order chi connectivity index (χ1) is 11.1. The molecule has 23 heavy (non-hydrogen) atoms. The second-order valence-electron chi connectivity index (χ2n) is 5.06. The van der Waals surface area contributed by atoms with E-state index in [9.17, 15) is 9.59 Å². The summed E-state index contributed by atoms with van der Waals surface area (Å²) < 4.78 is 0. The average Bonchev–Trinajstić information content (AvgIpc) is 3.15. The Labute approximate surface area is 141 Å². The van der Waals surface area contributed by atoms with Crippen LogP contribution in [0.25, 0.3) is 10.4 Å². The van der Waals surface area contributed by atoms with Gasteiger partial charge in [0.05, 0.1) is 4.88 Å². The summed E-state index contributed by atoms with van der Waals surface area (Å²) in [6.45, 7) is 0.496. The lowest BCUT2D eigenvalue weighted by atomic mass is 10.2. The summed E-state index contributed by atoms with van der Waals surface area (Å²) in [5.74, 6) is -0.493. The number of nitrogens with two attached hydrogens (primary N) is 1. The second kappa shape index (κ2) is 6.51. The fourth-order valence-electron chi connectivity index (χ4n) is 2.51. The van der Waals surface area contributed by atoms with Gasteiger partial charge in [0.25, 0.3) is 0 Å². The van der Waals surface area contributed by atoms with Crippen molar-refractivity contribution < 1.29 is 9.59 Å². The van der Waals surface area contributed by atoms with Crippen LogP contribution in [-0.4, -0.2) is 39.4 Å². The maximum atomic E-state index is 12.3. The van der Waals surface area contributed by atoms with Crippen molar-refractivity contribution in [2.45, 2.75) is 18.9 Å². The van der Waals surface area contributed by atoms with Gasteiger partial charge in [-0.25, -0.2) is 9.78 Å². The number of rotatable bonds is 3. The Balaban J connectivity index is 1.76. The van der Waals surface area contributed by atoms with Crippen molar-refractivity contribution in [2.24, 2.45) is 5.73 Å². The number of nitrogens with one attached hydrogen (secondary N) is 1. The molecule has 0 saturated carbocycles. The van der Waals surface area contributed by atoms with Crippen molar-refractivity contribution in [3.8, 4) is 10.4 Å². The highest BCUT2D eigenvalue weighted by atomic mass is 35.5. The fourth-order valence-corrected chi connectivity index (χ4v) is 3.72. The van der Waals surface area contributed by atoms with Gasteiger partial charge in [-0.3, -0.25) is 15.1 Å². The highest BCUT2D eigenvalue weighted by molar-refractivity contribution is 7.19. The molecule has 0 radical (unpaired) electrons. The van der Waals surface area contributed by atoms with Gasteiger partial charge in [-0.2, -0.15) is 0 Å². The van der Waals surface area contributed by atoms with Gasteiger partial charge in [0.15, 0.2) is 5.13 Å². The summed E-state index contributed by atoms with van der Waals surface area (Å²) in [6.07, 6.45) is 4.65. The summed E-state index contributed by atoms with van der Waals surface area (Å²) in [5, 5.41) is 3.37. The van der Waals surface area contributed by atoms with Crippen LogP contribution in [0.5, 0.6) is 0 Å². The van der Waals surface area contributed by atoms with Crippen LogP contribution >= 0.6 is 22.9 Å². The molecular weight excluding hydrogens is 338 g/mol. The van der Waals surface area contributed by atoms with E-state index < -0.39 is 18.0 Å². The number of aromatic nitrogens is 2. The Morgan fingerprint density at radius 3 is 2.83 bits per heavy atom. The van der Waals surface area contributed by atoms with Crippen molar-refractivity contribution in [3.05, 3.63) is 29.7 Å². The molecule has 2 aromatic heterocycles. The molecule has 1 saturated heterocycles. The van der Waals surface area contributed by atoms with Gasteiger partial charge in [0.1, 0.15) is 11.2 Å². The maximum absolute atomic E-state index is 12.3. The van der Waals surface area contributed by atoms with Crippen LogP contribution in [0.3, 0.4) is 0 Å². The molecule has 1 fully saturated rings. The SMILES string of the molecule is NC(=O)C1CCCN1C(=O)Nc1nc(Cl)c(-c2ccncc2)s1. The molecule has 0 aliphatic carbocycles. The number of thiazole rings is 1. The first kappa shape index (κ1) is 15.7. The lowest BCUT2D eigenvalue weighted by molar-refractivity contribution is -0.121. The zero-order valence-electron chi connectivity index (χ0n) is 12.0. The minimum absolute atomic E-state index is 0.310. The number of nitrogens with zero attached hydrogens (tertiary/aromatic N) is 3. The number of carbonyl (C=O) groups is 2. The third-order valence-corrected chi connectivity index (χ3v) is 4.99. The maximum Gasteiger partial charge on any atom is 0.324 e. The van der Waals surface area contributed by atoms with E-state index in [2.05, 4.69) is 15.3 Å². The standard InChI is InChI=1S/C14H14ClN5O2S/c15-11-10(8-3-5-17-6-4-8)23-13(18-11)19-14(22)20-7-1-2-9(20)12(16)21/h3-6,9H,1-2,7H2,(H2,16,21)(H,18,19,22). The number of hydrogen-bond acceptors (Lipinski definition) is 5. The van der Waals surface area contributed by atoms with Crippen LogP contribution in [0, 0.1) is 0 Å². The lowest BCUT2D eigenvalue weighted by Crippen LogP contribution is -2.45. The first-order valence-electron chi connectivity index (χ1n) is 7.00. The third kappa shape index (κ3) is 3.27. The smallest absolute Gasteiger partial charge is 0.324 e. The molecule has 7 nitrogen and oxygen atoms in total. The zero-order valence-corrected chi connectivity index (χ0v) is 13.6. The van der Waals surface area contributed by atoms with Crippen LogP contribution in [0.2, 0.25) is 5.15 Å². The van der Waals surface area contributed by atoms with Gasteiger partial charge in [-0.1, -0.05) is 22.9 Å². The molecule has 0 spiro atoms. The van der Waals surface area contributed by atoms with E-state index in [4.69, 9.17) is 17.3 Å². The number of halogens is 1. The van der Waals surface area contributed by atoms with Crippen LogP contribution < -0.4 is 11.1 Å². The minimum atomic E-state index is -0.565. The van der Waals surface area contributed by atoms with Crippen molar-refractivity contribution in [1.29, 1.82) is 0 Å². The molecule has 0 aromatic carbocycles. The monoisotopic (exact) mass is 351 g/mol. The predicted molar refractivity (Wildman–Crippen MR) is 88.3 cm³/mol. The number of pyridine rings is 1. The number of likely N-dealkylation sites (tertiary alicyclic amines) is 1. The van der Waals surface area contributed by atoms with Crippen molar-refractivity contribution in [1.82, 2.24) is 14.9 Å². The Bertz CT molecular complexity index is 736. The molecule has 120 valence electrons. The van der Waals surface area contributed by atoms with E-state index in [-0.39, 0.29) is 0 Å². The summed E-state index contributed by atoms with van der Waals surface area (Å²) >= 11 is 7.41. The Morgan fingerprint density at radius 2 is 2.13 bits per heavy atom. The molecule has 1 aliphatic rings. The predicted octanol–water partition coefficient (Wildman–Crippen LogP) is 2.34. The molecule has 3 heterocycles. The lowest BCUT2D eigenvalue weighted by Gasteiger charge is -2.21. The third-order valence-electron chi connectivity index (χ3n) is 3.58. The Hall–Kier alpha value is -2.19. The quantitative estimate of drug-likeness (QED) is 0.886. The van der Waals surface area contributed by atoms with Crippen molar-refractivity contribution in [3.63, 3.8) is 0 Å². The molecule has 9 heteroatoms. The topological polar surface area (TPSA) is 101 Å². The Kier molecular flexibility index (Phi) is 4.44. The normalized spacial score (nSPS) is 17.3. The molecule has 1 aliphatic heterocycles. The number of urea groups is 1. The summed E-state index contributed by atoms with van der Waals surface area (Å²) in [7, 11) is 0. The fraction of sp³-hybridized carbons (Fsp3) is 0.286. The summed E-state index contributed by atoms with van der Waals surface area (Å²) in [5.41, 5.74) is 6.20. The van der Waals surface area contributed by atoms with Crippen molar-refractivity contribution >= 4 is 40.0 Å². The van der Waals surface area contributed by atoms with Gasteiger partial charge < -0.3 is 10.6 Å². The van der Waals surface area contributed by atoms with Crippen LogP contribution in [0.15, 0.2) is 24.5 Å². The van der Waals surface area contributed by atoms with Crippen LogP contribution in [-0.2, 0) is 4.79 Å². The molecule has 2 aromatic rings. The van der Waals surface area contributed by atoms with Gasteiger partial charge in [-0.05, 0) is 30.5 Å². The van der Waals surface area contributed by atoms with Crippen molar-refractivity contribution in [2.75, 3.05) is 11.9 Å². The average molecular weight is 352 g/mol. The summed E-state index contributed by atoms with van der Waals surface area (Å²) in [4.78, 5) is 34.0.